The normalized spacial score (nSPS) is 27.2. The summed E-state index contributed by atoms with van der Waals surface area (Å²) in [7, 11) is 1.48. The number of rotatable bonds is 17. The Morgan fingerprint density at radius 3 is 1.86 bits per heavy atom. The first-order valence-electron chi connectivity index (χ1n) is 36.4. The second kappa shape index (κ2) is 34.9. The molecule has 610 valence electrons. The maximum atomic E-state index is 16.2. The van der Waals surface area contributed by atoms with Crippen molar-refractivity contribution in [1.82, 2.24) is 42.5 Å². The number of phenolic OH excluding ortho intramolecular Hbond substituents is 3. The van der Waals surface area contributed by atoms with Crippen LogP contribution in [0.15, 0.2) is 127 Å². The highest BCUT2D eigenvalue weighted by Gasteiger charge is 2.52. The molecule has 0 spiro atoms. The number of nitrogens with one attached hydrogen (secondary N) is 8. The van der Waals surface area contributed by atoms with Gasteiger partial charge in [0.2, 0.25) is 53.4 Å². The van der Waals surface area contributed by atoms with Gasteiger partial charge in [-0.25, -0.2) is 4.79 Å². The zero-order valence-electron chi connectivity index (χ0n) is 62.0. The van der Waals surface area contributed by atoms with Crippen molar-refractivity contribution < 1.29 is 118 Å². The van der Waals surface area contributed by atoms with Gasteiger partial charge in [-0.2, -0.15) is 0 Å². The van der Waals surface area contributed by atoms with Gasteiger partial charge in [-0.15, -0.1) is 0 Å². The SMILES string of the molecule is CN[C@H](CC(C)C)C(=O)N[C@H]1C(=O)N[C@@H](CC(N)=O)C(=O)N[C@H]2C(=O)N[C@H]3C(=O)N[C@H](C(=O)N[C@H](C(=O)O)c4cc(O)cc(O)c4-c4cc3ccc4O)[C@H](O)c3ccc(c(Cl)c3)Oc3cc2cc(c3O[C@@H]2OC(CO)C(O)[C@H](O)[C@H]2O[C@H]2CC(C)(NCc3ccc(-c4ccc(Cl)cc4)cc3)[C@H](O)[C@H](C)O2)Oc2ccc(cc2Cl)[C@H]1O. The van der Waals surface area contributed by atoms with Crippen molar-refractivity contribution in [3.05, 3.63) is 176 Å². The molecule has 11 bridgehead atoms. The second-order valence-corrected chi connectivity index (χ2v) is 30.4. The lowest BCUT2D eigenvalue weighted by atomic mass is 9.84. The van der Waals surface area contributed by atoms with Crippen molar-refractivity contribution in [2.75, 3.05) is 13.7 Å². The number of aliphatic carboxylic acids is 1. The van der Waals surface area contributed by atoms with Gasteiger partial charge in [-0.3, -0.25) is 33.6 Å². The molecule has 0 aliphatic carbocycles. The van der Waals surface area contributed by atoms with E-state index in [1.807, 2.05) is 50.2 Å². The van der Waals surface area contributed by atoms with E-state index in [0.717, 1.165) is 83.4 Å². The molecule has 0 saturated carbocycles. The predicted molar refractivity (Wildman–Crippen MR) is 409 cm³/mol. The summed E-state index contributed by atoms with van der Waals surface area (Å²) in [5.41, 5.74) is 4.32. The molecule has 7 aromatic carbocycles. The molecule has 18 atom stereocenters. The van der Waals surface area contributed by atoms with Gasteiger partial charge < -0.3 is 128 Å². The Bertz CT molecular complexity index is 4890. The predicted octanol–water partition coefficient (Wildman–Crippen LogP) is 4.26. The number of phenols is 3. The van der Waals surface area contributed by atoms with Crippen molar-refractivity contribution in [3.63, 3.8) is 0 Å². The number of amides is 7. The third kappa shape index (κ3) is 18.3. The van der Waals surface area contributed by atoms with Crippen LogP contribution in [-0.2, 0) is 59.1 Å². The second-order valence-electron chi connectivity index (χ2n) is 29.2. The first kappa shape index (κ1) is 83.9. The average Bonchev–Trinajstić information content (AvgIpc) is 0.764. The number of ether oxygens (including phenoxy) is 6. The first-order chi connectivity index (χ1) is 54.6. The fraction of sp³-hybridized carbons (Fsp3) is 0.367. The van der Waals surface area contributed by atoms with Crippen LogP contribution in [-0.4, -0.2) is 191 Å². The Hall–Kier alpha value is -10.5. The minimum Gasteiger partial charge on any atom is -0.508 e. The van der Waals surface area contributed by atoms with E-state index in [1.54, 1.807) is 26.0 Å². The minimum atomic E-state index is -2.36. The van der Waals surface area contributed by atoms with Gasteiger partial charge in [0.1, 0.15) is 89.5 Å². The molecule has 3 unspecified atom stereocenters. The lowest BCUT2D eigenvalue weighted by molar-refractivity contribution is -0.334. The van der Waals surface area contributed by atoms with Gasteiger partial charge in [0.05, 0.1) is 41.3 Å². The van der Waals surface area contributed by atoms with Gasteiger partial charge in [0, 0.05) is 46.3 Å². The molecule has 14 rings (SSSR count). The molecule has 7 aliphatic heterocycles. The van der Waals surface area contributed by atoms with E-state index in [1.165, 1.54) is 19.2 Å². The lowest BCUT2D eigenvalue weighted by Gasteiger charge is -2.48. The number of nitrogens with two attached hydrogens (primary N) is 1. The Morgan fingerprint density at radius 2 is 1.26 bits per heavy atom. The number of carboxylic acid groups (broad SMARTS) is 1. The molecular formula is C79H84Cl3N9O24. The monoisotopic (exact) mass is 1650 g/mol. The maximum absolute atomic E-state index is 16.2. The average molecular weight is 1650 g/mol. The fourth-order valence-electron chi connectivity index (χ4n) is 14.4. The van der Waals surface area contributed by atoms with Crippen LogP contribution in [0, 0.1) is 5.92 Å². The summed E-state index contributed by atoms with van der Waals surface area (Å²) < 4.78 is 39.5. The van der Waals surface area contributed by atoms with Crippen molar-refractivity contribution in [2.24, 2.45) is 11.7 Å². The van der Waals surface area contributed by atoms with E-state index < -0.39 is 237 Å². The summed E-state index contributed by atoms with van der Waals surface area (Å²) in [6.45, 7) is 6.15. The largest absolute Gasteiger partial charge is 0.508 e. The summed E-state index contributed by atoms with van der Waals surface area (Å²) in [4.78, 5) is 118. The van der Waals surface area contributed by atoms with Crippen molar-refractivity contribution in [1.29, 1.82) is 0 Å². The summed E-state index contributed by atoms with van der Waals surface area (Å²) in [6, 6.07) is 14.3. The molecule has 20 N–H and O–H groups in total. The smallest absolute Gasteiger partial charge is 0.330 e. The van der Waals surface area contributed by atoms with Crippen molar-refractivity contribution in [3.8, 4) is 68.2 Å². The number of aliphatic hydroxyl groups is 6. The quantitative estimate of drug-likeness (QED) is 0.0605. The highest BCUT2D eigenvalue weighted by molar-refractivity contribution is 6.32. The number of carboxylic acids is 1. The van der Waals surface area contributed by atoms with Gasteiger partial charge >= 0.3 is 5.97 Å². The molecule has 7 heterocycles. The van der Waals surface area contributed by atoms with Crippen LogP contribution >= 0.6 is 34.8 Å². The molecular weight excluding hydrogens is 1570 g/mol. The number of likely N-dealkylation sites (N-methyl/N-ethyl adjacent to an activating group) is 1. The lowest BCUT2D eigenvalue weighted by Crippen LogP contribution is -2.65. The van der Waals surface area contributed by atoms with E-state index in [0.29, 0.717) is 5.02 Å². The Kier molecular flexibility index (Phi) is 25.5. The number of hydrogen-bond donors (Lipinski definition) is 19. The van der Waals surface area contributed by atoms with Crippen LogP contribution in [0.25, 0.3) is 22.3 Å². The van der Waals surface area contributed by atoms with Crippen molar-refractivity contribution >= 4 is 82.1 Å². The topological polar surface area (TPSA) is 517 Å². The van der Waals surface area contributed by atoms with Crippen LogP contribution in [0.5, 0.6) is 46.0 Å². The zero-order chi connectivity index (χ0) is 82.9. The highest BCUT2D eigenvalue weighted by Crippen LogP contribution is 2.50. The number of fused-ring (bicyclic) bond motifs is 15. The number of hydrogen-bond acceptors (Lipinski definition) is 25. The van der Waals surface area contributed by atoms with Crippen LogP contribution in [0.4, 0.5) is 0 Å². The molecule has 115 heavy (non-hydrogen) atoms. The number of aromatic hydroxyl groups is 3. The third-order valence-electron chi connectivity index (χ3n) is 20.6. The highest BCUT2D eigenvalue weighted by atomic mass is 35.5. The van der Waals surface area contributed by atoms with Crippen LogP contribution in [0.3, 0.4) is 0 Å². The van der Waals surface area contributed by atoms with E-state index in [9.17, 15) is 75.0 Å². The summed E-state index contributed by atoms with van der Waals surface area (Å²) in [5.74, 6) is -16.0. The molecule has 7 aliphatic rings. The van der Waals surface area contributed by atoms with E-state index in [-0.39, 0.29) is 52.8 Å². The maximum Gasteiger partial charge on any atom is 0.330 e. The molecule has 36 heteroatoms. The van der Waals surface area contributed by atoms with Gasteiger partial charge in [-0.1, -0.05) is 103 Å². The molecule has 2 fully saturated rings. The van der Waals surface area contributed by atoms with Gasteiger partial charge in [0.15, 0.2) is 29.9 Å². The van der Waals surface area contributed by atoms with Crippen molar-refractivity contribution in [2.45, 2.75) is 163 Å². The molecule has 2 saturated heterocycles. The number of aliphatic hydroxyl groups excluding tert-OH is 6. The first-order valence-corrected chi connectivity index (χ1v) is 37.5. The standard InChI is InChI=1S/C79H84Cl3N9O24/c1-32(2)20-47(84-5)71(102)90-62-64(97)38-13-18-51(45(81)22-38)111-53-24-40-25-54(68(53)115-78-69(67(100)66(99)55(31-92)113-78)114-57-29-79(4,70(101)33(3)110-57)85-30-34-6-8-35(9-7-34)36-10-15-41(80)16-11-36)112-52-19-14-39(23-46(52)82)65(98)63-76(107)89-61(77(108)109)44-26-42(93)27-50(95)58(44)43-21-37(12-17-49(43)94)59(73(104)91-63)88-74(105)60(40)87-72(103)48(28-56(83)96)86-75(62)106/h6-19,21-27,32-33,47-48,55,57,59-67,69-70,78,84-85,92-95,97-101H,20,28-31H2,1-5H3,(H2,83,96)(H,86,106)(H,87,103)(H,88,105)(H,89,107)(H,90,102)(H,91,104)(H,108,109)/t33-,47+,48-,55?,57-,59+,60+,61-,62+,63-,64+,65+,66?,67-,69+,70+,78-,79?/m0/s1. The third-order valence-corrected chi connectivity index (χ3v) is 21.4. The Balaban J connectivity index is 1.04. The fourth-order valence-corrected chi connectivity index (χ4v) is 15.0. The molecule has 0 aromatic heterocycles. The van der Waals surface area contributed by atoms with Crippen LogP contribution in [0.2, 0.25) is 15.1 Å². The van der Waals surface area contributed by atoms with E-state index in [4.69, 9.17) is 69.0 Å². The number of carbonyl (C=O) groups excluding carboxylic acids is 7. The van der Waals surface area contributed by atoms with Crippen LogP contribution in [0.1, 0.15) is 111 Å². The summed E-state index contributed by atoms with van der Waals surface area (Å²) >= 11 is 20.4. The zero-order valence-corrected chi connectivity index (χ0v) is 64.2. The summed E-state index contributed by atoms with van der Waals surface area (Å²) in [5, 5.41) is 137. The molecule has 7 amide bonds. The summed E-state index contributed by atoms with van der Waals surface area (Å²) in [6.07, 6.45) is -18.7. The Labute approximate surface area is 671 Å². The van der Waals surface area contributed by atoms with Gasteiger partial charge in [-0.05, 0) is 139 Å². The Morgan fingerprint density at radius 1 is 0.661 bits per heavy atom. The molecule has 33 nitrogen and oxygen atoms in total. The number of carbonyl (C=O) groups is 8. The van der Waals surface area contributed by atoms with Gasteiger partial charge in [0.25, 0.3) is 0 Å². The van der Waals surface area contributed by atoms with E-state index in [2.05, 4.69) is 42.5 Å². The van der Waals surface area contributed by atoms with E-state index >= 15 is 14.4 Å². The molecule has 0 radical (unpaired) electrons. The van der Waals surface area contributed by atoms with Crippen LogP contribution < -0.4 is 62.5 Å². The number of primary amides is 1. The minimum absolute atomic E-state index is 0.106. The molecule has 7 aromatic rings. The number of halogens is 3. The number of benzene rings is 7.